The number of likely N-dealkylation sites (tertiary alicyclic amines) is 1. The number of carboxylic acid groups (broad SMARTS) is 1. The smallest absolute Gasteiger partial charge is 0.321 e. The number of aliphatic carboxylic acids is 1. The Labute approximate surface area is 245 Å². The number of sulfonamides is 1. The molecule has 2 heterocycles. The van der Waals surface area contributed by atoms with Gasteiger partial charge in [-0.15, -0.1) is 0 Å². The first kappa shape index (κ1) is 29.3. The fraction of sp³-hybridized carbons (Fsp3) is 0.323. The van der Waals surface area contributed by atoms with E-state index in [4.69, 9.17) is 9.57 Å². The minimum atomic E-state index is -4.03. The van der Waals surface area contributed by atoms with E-state index in [9.17, 15) is 23.1 Å². The number of nitrogens with zero attached hydrogens (tertiary/aromatic N) is 2. The molecule has 2 aliphatic rings. The topological polar surface area (TPSA) is 135 Å². The van der Waals surface area contributed by atoms with Crippen LogP contribution in [0.15, 0.2) is 95.0 Å². The highest BCUT2D eigenvalue weighted by Gasteiger charge is 2.38. The fourth-order valence-corrected chi connectivity index (χ4v) is 6.44. The molecular formula is C31H33N3O7S. The van der Waals surface area contributed by atoms with Crippen molar-refractivity contribution < 1.29 is 32.7 Å². The quantitative estimate of drug-likeness (QED) is 0.328. The van der Waals surface area contributed by atoms with Gasteiger partial charge in [-0.3, -0.25) is 9.59 Å². The highest BCUT2D eigenvalue weighted by Crippen LogP contribution is 2.27. The molecule has 0 radical (unpaired) electrons. The second-order valence-electron chi connectivity index (χ2n) is 10.4. The lowest BCUT2D eigenvalue weighted by molar-refractivity contribution is -0.140. The molecule has 0 spiro atoms. The summed E-state index contributed by atoms with van der Waals surface area (Å²) in [6.07, 6.45) is 1.40. The van der Waals surface area contributed by atoms with Crippen molar-refractivity contribution in [1.82, 2.24) is 9.62 Å². The molecule has 1 saturated heterocycles. The van der Waals surface area contributed by atoms with E-state index in [0.29, 0.717) is 25.3 Å². The molecule has 11 heteroatoms. The van der Waals surface area contributed by atoms with Gasteiger partial charge in [-0.25, -0.2) is 8.42 Å². The molecule has 42 heavy (non-hydrogen) atoms. The molecule has 0 aromatic heterocycles. The lowest BCUT2D eigenvalue weighted by Gasteiger charge is -2.24. The summed E-state index contributed by atoms with van der Waals surface area (Å²) < 4.78 is 33.4. The van der Waals surface area contributed by atoms with Crippen LogP contribution in [0.1, 0.15) is 36.8 Å². The summed E-state index contributed by atoms with van der Waals surface area (Å²) in [6, 6.07) is 23.3. The zero-order valence-electron chi connectivity index (χ0n) is 23.0. The summed E-state index contributed by atoms with van der Waals surface area (Å²) in [6.45, 7) is 1.04. The average molecular weight is 592 g/mol. The monoisotopic (exact) mass is 591 g/mol. The minimum Gasteiger partial charge on any atom is -0.489 e. The summed E-state index contributed by atoms with van der Waals surface area (Å²) in [4.78, 5) is 32.5. The maximum Gasteiger partial charge on any atom is 0.321 e. The number of para-hydroxylation sites is 1. The Hall–Kier alpha value is -4.22. The van der Waals surface area contributed by atoms with Crippen LogP contribution < -0.4 is 9.46 Å². The number of ether oxygens (including phenoxy) is 1. The second kappa shape index (κ2) is 13.2. The molecule has 0 aliphatic carbocycles. The van der Waals surface area contributed by atoms with Crippen molar-refractivity contribution in [2.45, 2.75) is 61.8 Å². The number of hydrogen-bond donors (Lipinski definition) is 2. The van der Waals surface area contributed by atoms with Crippen LogP contribution in [0.3, 0.4) is 0 Å². The van der Waals surface area contributed by atoms with Crippen LogP contribution in [0.5, 0.6) is 5.75 Å². The van der Waals surface area contributed by atoms with Crippen LogP contribution in [-0.4, -0.2) is 60.7 Å². The number of carboxylic acids is 1. The molecule has 2 aliphatic heterocycles. The van der Waals surface area contributed by atoms with Gasteiger partial charge < -0.3 is 19.6 Å². The molecule has 3 aromatic rings. The van der Waals surface area contributed by atoms with Gasteiger partial charge in [-0.2, -0.15) is 4.72 Å². The van der Waals surface area contributed by atoms with E-state index in [1.54, 1.807) is 18.2 Å². The van der Waals surface area contributed by atoms with Crippen molar-refractivity contribution >= 4 is 27.6 Å². The standard InChI is InChI=1S/C31H33N3O7S/c35-30(18-22-13-15-23(16-14-22)21-40-24-8-3-1-4-9-24)34-17-7-12-29(34)27-19-25(41-32-27)20-28(31(36)37)33-42(38,39)26-10-5-2-6-11-26/h1-6,8-11,13-16,25,28-29,33H,7,12,17-21H2,(H,36,37). The van der Waals surface area contributed by atoms with E-state index in [0.717, 1.165) is 29.7 Å². The third-order valence-corrected chi connectivity index (χ3v) is 8.88. The van der Waals surface area contributed by atoms with Gasteiger partial charge >= 0.3 is 5.97 Å². The predicted octanol–water partition coefficient (Wildman–Crippen LogP) is 3.77. The fourth-order valence-electron chi connectivity index (χ4n) is 5.22. The van der Waals surface area contributed by atoms with Crippen LogP contribution >= 0.6 is 0 Å². The van der Waals surface area contributed by atoms with Crippen molar-refractivity contribution in [1.29, 1.82) is 0 Å². The van der Waals surface area contributed by atoms with Gasteiger partial charge in [0.25, 0.3) is 0 Å². The van der Waals surface area contributed by atoms with Gasteiger partial charge in [-0.05, 0) is 48.2 Å². The van der Waals surface area contributed by atoms with Gasteiger partial charge in [0.05, 0.1) is 23.1 Å². The summed E-state index contributed by atoms with van der Waals surface area (Å²) >= 11 is 0. The number of carbonyl (C=O) groups is 2. The maximum atomic E-state index is 13.3. The molecule has 220 valence electrons. The zero-order valence-corrected chi connectivity index (χ0v) is 23.8. The molecule has 2 N–H and O–H groups in total. The van der Waals surface area contributed by atoms with Crippen LogP contribution in [0.2, 0.25) is 0 Å². The maximum absolute atomic E-state index is 13.3. The zero-order chi connectivity index (χ0) is 29.5. The molecule has 1 amide bonds. The van der Waals surface area contributed by atoms with Crippen LogP contribution in [0, 0.1) is 0 Å². The Balaban J connectivity index is 1.14. The minimum absolute atomic E-state index is 0.0176. The molecule has 5 rings (SSSR count). The van der Waals surface area contributed by atoms with Crippen molar-refractivity contribution in [3.05, 3.63) is 96.1 Å². The third-order valence-electron chi connectivity index (χ3n) is 7.39. The number of benzene rings is 3. The number of hydrogen-bond acceptors (Lipinski definition) is 7. The van der Waals surface area contributed by atoms with Crippen LogP contribution in [0.25, 0.3) is 0 Å². The van der Waals surface area contributed by atoms with Gasteiger partial charge in [0.2, 0.25) is 15.9 Å². The second-order valence-corrected chi connectivity index (χ2v) is 12.1. The highest BCUT2D eigenvalue weighted by molar-refractivity contribution is 7.89. The highest BCUT2D eigenvalue weighted by atomic mass is 32.2. The first-order valence-electron chi connectivity index (χ1n) is 13.9. The summed E-state index contributed by atoms with van der Waals surface area (Å²) in [5.41, 5.74) is 2.57. The molecule has 3 aromatic carbocycles. The Morgan fingerprint density at radius 2 is 1.67 bits per heavy atom. The number of amides is 1. The van der Waals surface area contributed by atoms with Crippen molar-refractivity contribution in [2.75, 3.05) is 6.54 Å². The Bertz CT molecular complexity index is 1510. The van der Waals surface area contributed by atoms with E-state index in [1.807, 2.05) is 59.5 Å². The first-order valence-corrected chi connectivity index (χ1v) is 15.3. The molecule has 10 nitrogen and oxygen atoms in total. The number of nitrogens with one attached hydrogen (secondary N) is 1. The largest absolute Gasteiger partial charge is 0.489 e. The number of carbonyl (C=O) groups excluding carboxylic acids is 1. The van der Waals surface area contributed by atoms with Gasteiger partial charge in [0.1, 0.15) is 24.5 Å². The molecule has 3 atom stereocenters. The lowest BCUT2D eigenvalue weighted by Crippen LogP contribution is -2.43. The van der Waals surface area contributed by atoms with Crippen LogP contribution in [-0.2, 0) is 37.5 Å². The van der Waals surface area contributed by atoms with Gasteiger partial charge in [0, 0.05) is 19.4 Å². The third kappa shape index (κ3) is 7.34. The SMILES string of the molecule is O=C(O)C(CC1CC(C2CCCN2C(=O)Cc2ccc(COc3ccccc3)cc2)=NO1)NS(=O)(=O)c1ccccc1. The normalized spacial score (nSPS) is 19.1. The lowest BCUT2D eigenvalue weighted by atomic mass is 9.99. The summed E-state index contributed by atoms with van der Waals surface area (Å²) in [5, 5.41) is 13.9. The molecule has 0 saturated carbocycles. The Kier molecular flexibility index (Phi) is 9.19. The van der Waals surface area contributed by atoms with Gasteiger partial charge in [0.15, 0.2) is 0 Å². The van der Waals surface area contributed by atoms with E-state index in [2.05, 4.69) is 9.88 Å². The number of rotatable bonds is 12. The van der Waals surface area contributed by atoms with Crippen molar-refractivity contribution in [3.63, 3.8) is 0 Å². The van der Waals surface area contributed by atoms with E-state index in [-0.39, 0.29) is 29.7 Å². The molecule has 1 fully saturated rings. The van der Waals surface area contributed by atoms with Gasteiger partial charge in [-0.1, -0.05) is 65.8 Å². The summed E-state index contributed by atoms with van der Waals surface area (Å²) in [5.74, 6) is -0.525. The molecular weight excluding hydrogens is 558 g/mol. The van der Waals surface area contributed by atoms with Crippen LogP contribution in [0.4, 0.5) is 0 Å². The predicted molar refractivity (Wildman–Crippen MR) is 155 cm³/mol. The first-order chi connectivity index (χ1) is 20.3. The number of oxime groups is 1. The molecule has 3 unspecified atom stereocenters. The van der Waals surface area contributed by atoms with E-state index >= 15 is 0 Å². The van der Waals surface area contributed by atoms with Crippen molar-refractivity contribution in [3.8, 4) is 5.75 Å². The summed E-state index contributed by atoms with van der Waals surface area (Å²) in [7, 11) is -4.03. The average Bonchev–Trinajstić information content (AvgIpc) is 3.67. The Morgan fingerprint density at radius 1 is 1.00 bits per heavy atom. The van der Waals surface area contributed by atoms with Crippen molar-refractivity contribution in [2.24, 2.45) is 5.16 Å². The van der Waals surface area contributed by atoms with E-state index in [1.165, 1.54) is 12.1 Å². The molecule has 0 bridgehead atoms. The van der Waals surface area contributed by atoms with E-state index < -0.39 is 28.1 Å². The Morgan fingerprint density at radius 3 is 2.36 bits per heavy atom.